The summed E-state index contributed by atoms with van der Waals surface area (Å²) < 4.78 is 1.83. The molecular weight excluding hydrogens is 409 g/mol. The fourth-order valence-electron chi connectivity index (χ4n) is 0.468. The molecule has 0 saturated heterocycles. The van der Waals surface area contributed by atoms with Gasteiger partial charge in [0.25, 0.3) is 0 Å². The molecule has 1 aromatic heterocycles. The molecule has 1 rings (SSSR count). The Balaban J connectivity index is 3.21. The lowest BCUT2D eigenvalue weighted by Gasteiger charge is -1.99. The fourth-order valence-corrected chi connectivity index (χ4v) is 2.10. The van der Waals surface area contributed by atoms with Crippen LogP contribution in [0.5, 0.6) is 0 Å². The molecule has 0 unspecified atom stereocenters. The van der Waals surface area contributed by atoms with E-state index in [1.54, 1.807) is 0 Å². The van der Waals surface area contributed by atoms with E-state index in [2.05, 4.69) is 55.1 Å². The minimum Gasteiger partial charge on any atom is -0.215 e. The van der Waals surface area contributed by atoms with Crippen molar-refractivity contribution >= 4 is 68.5 Å². The van der Waals surface area contributed by atoms with E-state index >= 15 is 0 Å². The highest BCUT2D eigenvalue weighted by Crippen LogP contribution is 2.22. The number of hydrogen-bond acceptors (Lipinski definition) is 3. The maximum Gasteiger partial charge on any atom is 0.189 e. The molecule has 0 atom stereocenters. The second-order valence-corrected chi connectivity index (χ2v) is 4.84. The lowest BCUT2D eigenvalue weighted by molar-refractivity contribution is 0.939. The molecule has 11 heavy (non-hydrogen) atoms. The Kier molecular flexibility index (Phi) is 4.13. The van der Waals surface area contributed by atoms with Crippen molar-refractivity contribution < 1.29 is 0 Å². The highest BCUT2D eigenvalue weighted by Gasteiger charge is 2.06. The van der Waals surface area contributed by atoms with Crippen LogP contribution in [0.3, 0.4) is 0 Å². The normalized spacial score (nSPS) is 10.2. The average Bonchev–Trinajstić information content (AvgIpc) is 1.99. The summed E-state index contributed by atoms with van der Waals surface area (Å²) in [6, 6.07) is 0. The summed E-state index contributed by atoms with van der Waals surface area (Å²) in [5.74, 6) is 0. The first-order valence-electron chi connectivity index (χ1n) is 2.57. The minimum absolute atomic E-state index is 0.536. The Bertz CT molecular complexity index is 258. The summed E-state index contributed by atoms with van der Waals surface area (Å²) in [4.78, 5) is 8.26. The number of nitrogens with zero attached hydrogens (tertiary/aromatic N) is 2. The Morgan fingerprint density at radius 3 is 2.45 bits per heavy atom. The van der Waals surface area contributed by atoms with Crippen molar-refractivity contribution in [3.05, 3.63) is 12.4 Å². The highest BCUT2D eigenvalue weighted by molar-refractivity contribution is 14.1. The third-order valence-electron chi connectivity index (χ3n) is 0.932. The van der Waals surface area contributed by atoms with Crippen molar-refractivity contribution in [1.29, 1.82) is 0 Å². The van der Waals surface area contributed by atoms with Gasteiger partial charge in [0.2, 0.25) is 0 Å². The Hall–Kier alpha value is 1.18. The SMILES string of the molecule is CSc1nc(Cl)c(I)c(I)n1. The van der Waals surface area contributed by atoms with Gasteiger partial charge in [-0.2, -0.15) is 0 Å². The zero-order valence-electron chi connectivity index (χ0n) is 5.44. The van der Waals surface area contributed by atoms with Crippen molar-refractivity contribution in [2.45, 2.75) is 5.16 Å². The van der Waals surface area contributed by atoms with Crippen LogP contribution in [0.1, 0.15) is 0 Å². The van der Waals surface area contributed by atoms with Gasteiger partial charge in [-0.1, -0.05) is 23.4 Å². The van der Waals surface area contributed by atoms with E-state index in [0.717, 1.165) is 12.4 Å². The van der Waals surface area contributed by atoms with Crippen LogP contribution >= 0.6 is 68.5 Å². The van der Waals surface area contributed by atoms with Gasteiger partial charge in [0.1, 0.15) is 8.85 Å². The average molecular weight is 412 g/mol. The van der Waals surface area contributed by atoms with E-state index < -0.39 is 0 Å². The van der Waals surface area contributed by atoms with Gasteiger partial charge in [-0.25, -0.2) is 9.97 Å². The van der Waals surface area contributed by atoms with E-state index in [1.165, 1.54) is 11.8 Å². The number of aromatic nitrogens is 2. The fraction of sp³-hybridized carbons (Fsp3) is 0.200. The number of halogens is 3. The first-order valence-corrected chi connectivity index (χ1v) is 6.33. The largest absolute Gasteiger partial charge is 0.215 e. The van der Waals surface area contributed by atoms with Crippen LogP contribution < -0.4 is 0 Å². The monoisotopic (exact) mass is 412 g/mol. The predicted molar refractivity (Wildman–Crippen MR) is 64.3 cm³/mol. The molecule has 0 fully saturated rings. The van der Waals surface area contributed by atoms with Crippen molar-refractivity contribution in [3.63, 3.8) is 0 Å². The van der Waals surface area contributed by atoms with Crippen molar-refractivity contribution in [3.8, 4) is 0 Å². The van der Waals surface area contributed by atoms with Crippen molar-refractivity contribution in [2.75, 3.05) is 6.26 Å². The molecule has 0 aromatic carbocycles. The Morgan fingerprint density at radius 1 is 1.36 bits per heavy atom. The number of rotatable bonds is 1. The van der Waals surface area contributed by atoms with Gasteiger partial charge in [0.05, 0.1) is 3.57 Å². The molecule has 0 N–H and O–H groups in total. The topological polar surface area (TPSA) is 25.8 Å². The second-order valence-electron chi connectivity index (χ2n) is 1.61. The van der Waals surface area contributed by atoms with Gasteiger partial charge in [0, 0.05) is 0 Å². The Labute approximate surface area is 101 Å². The molecular formula is C5H3ClI2N2S. The summed E-state index contributed by atoms with van der Waals surface area (Å²) in [5.41, 5.74) is 0. The molecule has 1 aromatic rings. The van der Waals surface area contributed by atoms with Gasteiger partial charge in [-0.3, -0.25) is 0 Å². The van der Waals surface area contributed by atoms with Crippen molar-refractivity contribution in [2.24, 2.45) is 0 Å². The molecule has 0 aliphatic heterocycles. The lowest BCUT2D eigenvalue weighted by atomic mass is 10.7. The van der Waals surface area contributed by atoms with Crippen LogP contribution in [0.15, 0.2) is 5.16 Å². The van der Waals surface area contributed by atoms with E-state index in [9.17, 15) is 0 Å². The quantitative estimate of drug-likeness (QED) is 0.307. The molecule has 60 valence electrons. The van der Waals surface area contributed by atoms with Crippen LogP contribution in [0, 0.1) is 7.27 Å². The molecule has 0 saturated carbocycles. The van der Waals surface area contributed by atoms with E-state index in [4.69, 9.17) is 11.6 Å². The van der Waals surface area contributed by atoms with Gasteiger partial charge >= 0.3 is 0 Å². The smallest absolute Gasteiger partial charge is 0.189 e. The summed E-state index contributed by atoms with van der Waals surface area (Å²) in [6.07, 6.45) is 1.93. The number of hydrogen-bond donors (Lipinski definition) is 0. The molecule has 0 amide bonds. The van der Waals surface area contributed by atoms with Crippen LogP contribution in [0.4, 0.5) is 0 Å². The predicted octanol–water partition coefficient (Wildman–Crippen LogP) is 3.06. The van der Waals surface area contributed by atoms with Crippen LogP contribution in [0.25, 0.3) is 0 Å². The van der Waals surface area contributed by atoms with Gasteiger partial charge in [0.15, 0.2) is 5.16 Å². The zero-order chi connectivity index (χ0) is 8.43. The maximum absolute atomic E-state index is 5.82. The zero-order valence-corrected chi connectivity index (χ0v) is 11.3. The maximum atomic E-state index is 5.82. The lowest BCUT2D eigenvalue weighted by Crippen LogP contribution is -1.94. The molecule has 0 aliphatic rings. The van der Waals surface area contributed by atoms with E-state index in [1.807, 2.05) is 6.26 Å². The first-order chi connectivity index (χ1) is 5.15. The summed E-state index contributed by atoms with van der Waals surface area (Å²) in [5, 5.41) is 1.26. The molecule has 2 nitrogen and oxygen atoms in total. The van der Waals surface area contributed by atoms with E-state index in [-0.39, 0.29) is 0 Å². The molecule has 0 bridgehead atoms. The number of thioether (sulfide) groups is 1. The van der Waals surface area contributed by atoms with Gasteiger partial charge < -0.3 is 0 Å². The van der Waals surface area contributed by atoms with Crippen LogP contribution in [0.2, 0.25) is 5.15 Å². The molecule has 1 heterocycles. The molecule has 0 radical (unpaired) electrons. The highest BCUT2D eigenvalue weighted by atomic mass is 127. The summed E-state index contributed by atoms with van der Waals surface area (Å²) >= 11 is 11.6. The molecule has 6 heteroatoms. The third-order valence-corrected chi connectivity index (χ3v) is 4.91. The minimum atomic E-state index is 0.536. The van der Waals surface area contributed by atoms with E-state index in [0.29, 0.717) is 5.15 Å². The van der Waals surface area contributed by atoms with Crippen LogP contribution in [-0.4, -0.2) is 16.2 Å². The molecule has 0 aliphatic carbocycles. The van der Waals surface area contributed by atoms with Gasteiger partial charge in [-0.05, 0) is 51.4 Å². The molecule has 0 spiro atoms. The van der Waals surface area contributed by atoms with Crippen LogP contribution in [-0.2, 0) is 0 Å². The summed E-state index contributed by atoms with van der Waals surface area (Å²) in [7, 11) is 0. The first kappa shape index (κ1) is 10.3. The second kappa shape index (κ2) is 4.43. The summed E-state index contributed by atoms with van der Waals surface area (Å²) in [6.45, 7) is 0. The standard InChI is InChI=1S/C5H3ClI2N2S/c1-11-5-9-3(6)2(7)4(8)10-5/h1H3. The van der Waals surface area contributed by atoms with Gasteiger partial charge in [-0.15, -0.1) is 0 Å². The van der Waals surface area contributed by atoms with Crippen molar-refractivity contribution in [1.82, 2.24) is 9.97 Å². The third kappa shape index (κ3) is 2.56. The Morgan fingerprint density at radius 2 is 2.00 bits per heavy atom.